The molecule has 0 aliphatic carbocycles. The number of carbonyl (C=O) groups excluding carboxylic acids is 1. The van der Waals surface area contributed by atoms with Crippen molar-refractivity contribution in [2.75, 3.05) is 13.7 Å². The zero-order valence-electron chi connectivity index (χ0n) is 18.1. The van der Waals surface area contributed by atoms with E-state index in [-0.39, 0.29) is 24.3 Å². The molecule has 5 nitrogen and oxygen atoms in total. The molecule has 30 heavy (non-hydrogen) atoms. The lowest BCUT2D eigenvalue weighted by atomic mass is 9.96. The first kappa shape index (κ1) is 23.5. The fourth-order valence-electron chi connectivity index (χ4n) is 3.45. The number of amides is 1. The maximum absolute atomic E-state index is 13.3. The molecule has 5 heteroatoms. The van der Waals surface area contributed by atoms with Gasteiger partial charge in [-0.25, -0.2) is 4.79 Å². The predicted octanol–water partition coefficient (Wildman–Crippen LogP) is 5.21. The summed E-state index contributed by atoms with van der Waals surface area (Å²) in [4.78, 5) is 27.0. The van der Waals surface area contributed by atoms with Gasteiger partial charge in [-0.1, -0.05) is 63.4 Å². The number of benzene rings is 2. The molecular weight excluding hydrogens is 378 g/mol. The van der Waals surface area contributed by atoms with Crippen molar-refractivity contribution in [3.8, 4) is 5.75 Å². The Morgan fingerprint density at radius 2 is 1.70 bits per heavy atom. The SMILES string of the molecule is CCCCC(CC)CN([C](Cc1ccc(OC)cc1)C(=O)O)C(=O)c1ccccc1. The van der Waals surface area contributed by atoms with Crippen LogP contribution in [0.15, 0.2) is 54.6 Å². The number of ether oxygens (including phenoxy) is 1. The molecule has 1 amide bonds. The van der Waals surface area contributed by atoms with Gasteiger partial charge in [0.25, 0.3) is 5.91 Å². The molecule has 1 atom stereocenters. The molecule has 1 unspecified atom stereocenters. The number of rotatable bonds is 12. The Morgan fingerprint density at radius 1 is 1.03 bits per heavy atom. The molecular formula is C25H32NO4. The molecule has 0 saturated heterocycles. The van der Waals surface area contributed by atoms with Gasteiger partial charge in [0.1, 0.15) is 5.75 Å². The highest BCUT2D eigenvalue weighted by Crippen LogP contribution is 2.25. The Hall–Kier alpha value is -2.82. The first-order chi connectivity index (χ1) is 14.5. The van der Waals surface area contributed by atoms with Crippen molar-refractivity contribution in [3.63, 3.8) is 0 Å². The van der Waals surface area contributed by atoms with Crippen LogP contribution in [0.1, 0.15) is 55.5 Å². The van der Waals surface area contributed by atoms with Crippen LogP contribution in [0.4, 0.5) is 0 Å². The lowest BCUT2D eigenvalue weighted by molar-refractivity contribution is -0.137. The number of methoxy groups -OCH3 is 1. The molecule has 0 heterocycles. The second-order valence-electron chi connectivity index (χ2n) is 7.47. The highest BCUT2D eigenvalue weighted by atomic mass is 16.5. The lowest BCUT2D eigenvalue weighted by Gasteiger charge is -2.31. The third kappa shape index (κ3) is 6.61. The van der Waals surface area contributed by atoms with Gasteiger partial charge in [-0.05, 0) is 42.2 Å². The summed E-state index contributed by atoms with van der Waals surface area (Å²) in [5.41, 5.74) is 1.32. The average Bonchev–Trinajstić information content (AvgIpc) is 2.78. The Morgan fingerprint density at radius 3 is 2.23 bits per heavy atom. The van der Waals surface area contributed by atoms with Crippen LogP contribution in [0.5, 0.6) is 5.75 Å². The Labute approximate surface area is 179 Å². The molecule has 0 spiro atoms. The maximum atomic E-state index is 13.3. The van der Waals surface area contributed by atoms with Crippen LogP contribution in [-0.4, -0.2) is 35.5 Å². The van der Waals surface area contributed by atoms with Crippen LogP contribution in [0, 0.1) is 12.0 Å². The fraction of sp³-hybridized carbons (Fsp3) is 0.400. The highest BCUT2D eigenvalue weighted by Gasteiger charge is 2.33. The summed E-state index contributed by atoms with van der Waals surface area (Å²) < 4.78 is 5.18. The summed E-state index contributed by atoms with van der Waals surface area (Å²) >= 11 is 0. The summed E-state index contributed by atoms with van der Waals surface area (Å²) in [6.45, 7) is 4.63. The Balaban J connectivity index is 2.33. The number of aliphatic carboxylic acids is 1. The maximum Gasteiger partial charge on any atom is 0.333 e. The molecule has 0 fully saturated rings. The van der Waals surface area contributed by atoms with Crippen molar-refractivity contribution in [1.82, 2.24) is 4.90 Å². The van der Waals surface area contributed by atoms with Gasteiger partial charge < -0.3 is 14.7 Å². The molecule has 0 bridgehead atoms. The van der Waals surface area contributed by atoms with Crippen LogP contribution in [0.25, 0.3) is 0 Å². The molecule has 161 valence electrons. The Kier molecular flexibility index (Phi) is 9.39. The number of hydrogen-bond acceptors (Lipinski definition) is 3. The van der Waals surface area contributed by atoms with Gasteiger partial charge in [0, 0.05) is 18.5 Å². The largest absolute Gasteiger partial charge is 0.497 e. The molecule has 2 aromatic carbocycles. The van der Waals surface area contributed by atoms with Crippen molar-refractivity contribution < 1.29 is 19.4 Å². The van der Waals surface area contributed by atoms with Gasteiger partial charge in [-0.3, -0.25) is 4.79 Å². The van der Waals surface area contributed by atoms with Gasteiger partial charge in [0.2, 0.25) is 0 Å². The summed E-state index contributed by atoms with van der Waals surface area (Å²) in [6, 6.07) is 16.3. The van der Waals surface area contributed by atoms with Gasteiger partial charge in [0.05, 0.1) is 7.11 Å². The number of hydrogen-bond donors (Lipinski definition) is 1. The molecule has 0 aromatic heterocycles. The summed E-state index contributed by atoms with van der Waals surface area (Å²) in [5, 5.41) is 10.0. The van der Waals surface area contributed by atoms with Crippen LogP contribution >= 0.6 is 0 Å². The van der Waals surface area contributed by atoms with Gasteiger partial charge in [-0.2, -0.15) is 0 Å². The molecule has 0 saturated carbocycles. The molecule has 1 N–H and O–H groups in total. The van der Waals surface area contributed by atoms with Gasteiger partial charge >= 0.3 is 5.97 Å². The second kappa shape index (κ2) is 12.0. The van der Waals surface area contributed by atoms with E-state index in [1.807, 2.05) is 18.2 Å². The zero-order valence-corrected chi connectivity index (χ0v) is 18.1. The number of carboxylic acid groups (broad SMARTS) is 1. The van der Waals surface area contributed by atoms with Crippen LogP contribution in [0.2, 0.25) is 0 Å². The minimum absolute atomic E-state index is 0.101. The minimum Gasteiger partial charge on any atom is -0.497 e. The summed E-state index contributed by atoms with van der Waals surface area (Å²) in [7, 11) is 1.59. The molecule has 2 aromatic rings. The first-order valence-electron chi connectivity index (χ1n) is 10.6. The topological polar surface area (TPSA) is 66.8 Å². The van der Waals surface area contributed by atoms with Crippen molar-refractivity contribution in [1.29, 1.82) is 0 Å². The number of carboxylic acids is 1. The van der Waals surface area contributed by atoms with E-state index < -0.39 is 5.97 Å². The van der Waals surface area contributed by atoms with E-state index in [1.54, 1.807) is 43.5 Å². The third-order valence-electron chi connectivity index (χ3n) is 5.35. The van der Waals surface area contributed by atoms with E-state index in [2.05, 4.69) is 13.8 Å². The van der Waals surface area contributed by atoms with Gasteiger partial charge in [-0.15, -0.1) is 0 Å². The smallest absolute Gasteiger partial charge is 0.333 e. The van der Waals surface area contributed by atoms with E-state index >= 15 is 0 Å². The fourth-order valence-corrected chi connectivity index (χ4v) is 3.45. The van der Waals surface area contributed by atoms with Crippen molar-refractivity contribution in [3.05, 3.63) is 71.8 Å². The van der Waals surface area contributed by atoms with Crippen molar-refractivity contribution in [2.24, 2.45) is 5.92 Å². The van der Waals surface area contributed by atoms with E-state index in [0.717, 1.165) is 31.2 Å². The van der Waals surface area contributed by atoms with E-state index in [1.165, 1.54) is 4.90 Å². The first-order valence-corrected chi connectivity index (χ1v) is 10.6. The van der Waals surface area contributed by atoms with E-state index in [4.69, 9.17) is 4.74 Å². The second-order valence-corrected chi connectivity index (χ2v) is 7.47. The number of unbranched alkanes of at least 4 members (excludes halogenated alkanes) is 1. The quantitative estimate of drug-likeness (QED) is 0.521. The van der Waals surface area contributed by atoms with E-state index in [0.29, 0.717) is 17.9 Å². The summed E-state index contributed by atoms with van der Waals surface area (Å²) in [6.07, 6.45) is 4.17. The van der Waals surface area contributed by atoms with Crippen LogP contribution < -0.4 is 4.74 Å². The lowest BCUT2D eigenvalue weighted by Crippen LogP contribution is -2.43. The number of carbonyl (C=O) groups is 2. The monoisotopic (exact) mass is 410 g/mol. The molecule has 2 rings (SSSR count). The molecule has 0 aliphatic rings. The van der Waals surface area contributed by atoms with E-state index in [9.17, 15) is 14.7 Å². The minimum atomic E-state index is -1.07. The van der Waals surface area contributed by atoms with Crippen LogP contribution in [-0.2, 0) is 11.2 Å². The van der Waals surface area contributed by atoms with Gasteiger partial charge in [0.15, 0.2) is 6.04 Å². The standard InChI is InChI=1S/C25H32NO4/c1-4-6-10-19(5-2)18-26(24(27)21-11-8-7-9-12-21)23(25(28)29)17-20-13-15-22(30-3)16-14-20/h7-9,11-16,19H,4-6,10,17-18H2,1-3H3,(H,28,29). The highest BCUT2D eigenvalue weighted by molar-refractivity contribution is 5.99. The van der Waals surface area contributed by atoms with Crippen molar-refractivity contribution >= 4 is 11.9 Å². The molecule has 1 radical (unpaired) electrons. The summed E-state index contributed by atoms with van der Waals surface area (Å²) in [5.74, 6) is -0.377. The number of nitrogens with zero attached hydrogens (tertiary/aromatic N) is 1. The predicted molar refractivity (Wildman–Crippen MR) is 118 cm³/mol. The van der Waals surface area contributed by atoms with Crippen LogP contribution in [0.3, 0.4) is 0 Å². The molecule has 0 aliphatic heterocycles. The normalized spacial score (nSPS) is 11.9. The van der Waals surface area contributed by atoms with Crippen molar-refractivity contribution in [2.45, 2.75) is 46.0 Å². The third-order valence-corrected chi connectivity index (χ3v) is 5.35. The average molecular weight is 411 g/mol. The zero-order chi connectivity index (χ0) is 21.9. The Bertz CT molecular complexity index is 789.